The van der Waals surface area contributed by atoms with E-state index in [2.05, 4.69) is 0 Å². The molecular weight excluding hydrogens is 431 g/mol. The van der Waals surface area contributed by atoms with Crippen molar-refractivity contribution in [1.82, 2.24) is 4.90 Å². The maximum atomic E-state index is 13.9. The Labute approximate surface area is 190 Å². The Morgan fingerprint density at radius 1 is 1.12 bits per heavy atom. The Balaban J connectivity index is 1.68. The van der Waals surface area contributed by atoms with E-state index in [0.29, 0.717) is 28.3 Å². The highest BCUT2D eigenvalue weighted by Crippen LogP contribution is 2.49. The topological polar surface area (TPSA) is 57.7 Å². The van der Waals surface area contributed by atoms with Crippen LogP contribution in [0.25, 0.3) is 6.08 Å². The highest BCUT2D eigenvalue weighted by atomic mass is 35.5. The molecule has 2 saturated heterocycles. The summed E-state index contributed by atoms with van der Waals surface area (Å²) in [7, 11) is 0. The third-order valence-electron chi connectivity index (χ3n) is 6.94. The number of rotatable bonds is 4. The molecule has 5 rings (SSSR count). The summed E-state index contributed by atoms with van der Waals surface area (Å²) in [5, 5.41) is 0.292. The Bertz CT molecular complexity index is 1180. The van der Waals surface area contributed by atoms with E-state index in [-0.39, 0.29) is 23.6 Å². The fourth-order valence-corrected chi connectivity index (χ4v) is 5.53. The molecule has 0 saturated carbocycles. The zero-order valence-electron chi connectivity index (χ0n) is 17.7. The molecular formula is C25H22ClFN2O3. The molecule has 0 aliphatic carbocycles. The van der Waals surface area contributed by atoms with Gasteiger partial charge in [0.1, 0.15) is 11.9 Å². The zero-order chi connectivity index (χ0) is 22.7. The van der Waals surface area contributed by atoms with Crippen LogP contribution in [0.4, 0.5) is 10.1 Å². The van der Waals surface area contributed by atoms with Crippen LogP contribution in [-0.2, 0) is 9.59 Å². The monoisotopic (exact) mass is 452 g/mol. The summed E-state index contributed by atoms with van der Waals surface area (Å²) in [4.78, 5) is 44.0. The number of nitrogens with zero attached hydrogens (tertiary/aromatic N) is 2. The van der Waals surface area contributed by atoms with Gasteiger partial charge < -0.3 is 4.90 Å². The average molecular weight is 453 g/mol. The minimum atomic E-state index is -0.912. The molecule has 5 atom stereocenters. The summed E-state index contributed by atoms with van der Waals surface area (Å²) in [5.74, 6) is -2.80. The van der Waals surface area contributed by atoms with Crippen molar-refractivity contribution in [2.45, 2.75) is 38.4 Å². The van der Waals surface area contributed by atoms with Gasteiger partial charge in [0.25, 0.3) is 0 Å². The standard InChI is InChI=1S/C25H22ClFN2O3/c1-3-13(2)28-24(31)20-19-10-8-14-12-15(27)9-11-18(14)29(19)22(21(20)25(28)32)23(30)16-6-4-5-7-17(16)26/h4-13,19-22H,3H2,1-2H3/t13-,19+,20-,21-,22+/m1/s1. The van der Waals surface area contributed by atoms with Gasteiger partial charge in [0.2, 0.25) is 11.8 Å². The minimum absolute atomic E-state index is 0.251. The number of likely N-dealkylation sites (tertiary alicyclic amines) is 1. The number of amides is 2. The SMILES string of the molecule is CC[C@@H](C)N1C(=O)[C@@H]2[C@H](C1=O)[C@@H]1C=Cc3cc(F)ccc3N1[C@@H]2C(=O)c1ccccc1Cl. The van der Waals surface area contributed by atoms with Gasteiger partial charge in [-0.3, -0.25) is 19.3 Å². The molecule has 3 aliphatic heterocycles. The van der Waals surface area contributed by atoms with Crippen LogP contribution in [0.15, 0.2) is 48.5 Å². The lowest BCUT2D eigenvalue weighted by Gasteiger charge is -2.37. The number of benzene rings is 2. The Hall–Kier alpha value is -2.99. The lowest BCUT2D eigenvalue weighted by molar-refractivity contribution is -0.142. The smallest absolute Gasteiger partial charge is 0.236 e. The molecule has 2 aromatic rings. The summed E-state index contributed by atoms with van der Waals surface area (Å²) < 4.78 is 13.9. The van der Waals surface area contributed by atoms with E-state index < -0.39 is 29.7 Å². The first-order valence-corrected chi connectivity index (χ1v) is 11.1. The summed E-state index contributed by atoms with van der Waals surface area (Å²) in [5.41, 5.74) is 1.55. The molecule has 0 aromatic heterocycles. The van der Waals surface area contributed by atoms with E-state index in [9.17, 15) is 18.8 Å². The predicted octanol–water partition coefficient (Wildman–Crippen LogP) is 4.35. The Morgan fingerprint density at radius 2 is 1.84 bits per heavy atom. The molecule has 2 amide bonds. The van der Waals surface area contributed by atoms with Gasteiger partial charge in [0, 0.05) is 22.9 Å². The fourth-order valence-electron chi connectivity index (χ4n) is 5.30. The van der Waals surface area contributed by atoms with Gasteiger partial charge in [0.05, 0.1) is 22.9 Å². The predicted molar refractivity (Wildman–Crippen MR) is 120 cm³/mol. The molecule has 0 unspecified atom stereocenters. The number of carbonyl (C=O) groups excluding carboxylic acids is 3. The van der Waals surface area contributed by atoms with Crippen LogP contribution in [-0.4, -0.2) is 40.6 Å². The molecule has 7 heteroatoms. The Kier molecular flexibility index (Phi) is 4.93. The number of ketones is 1. The largest absolute Gasteiger partial charge is 0.352 e. The first-order chi connectivity index (χ1) is 15.3. The van der Waals surface area contributed by atoms with E-state index in [1.54, 1.807) is 36.4 Å². The summed E-state index contributed by atoms with van der Waals surface area (Å²) in [6.45, 7) is 3.76. The van der Waals surface area contributed by atoms with Crippen molar-refractivity contribution in [2.75, 3.05) is 4.90 Å². The van der Waals surface area contributed by atoms with Gasteiger partial charge in [-0.05, 0) is 43.7 Å². The maximum Gasteiger partial charge on any atom is 0.236 e. The molecule has 2 fully saturated rings. The van der Waals surface area contributed by atoms with Crippen molar-refractivity contribution in [3.05, 3.63) is 70.5 Å². The number of carbonyl (C=O) groups is 3. The normalized spacial score (nSPS) is 26.8. The molecule has 0 N–H and O–H groups in total. The second-order valence-corrected chi connectivity index (χ2v) is 9.01. The number of anilines is 1. The molecule has 0 bridgehead atoms. The zero-order valence-corrected chi connectivity index (χ0v) is 18.4. The molecule has 2 aromatic carbocycles. The van der Waals surface area contributed by atoms with Crippen LogP contribution in [0, 0.1) is 17.7 Å². The third kappa shape index (κ3) is 2.85. The fraction of sp³-hybridized carbons (Fsp3) is 0.320. The molecule has 0 radical (unpaired) electrons. The van der Waals surface area contributed by atoms with Gasteiger partial charge >= 0.3 is 0 Å². The van der Waals surface area contributed by atoms with Gasteiger partial charge in [-0.25, -0.2) is 4.39 Å². The van der Waals surface area contributed by atoms with E-state index >= 15 is 0 Å². The number of hydrogen-bond acceptors (Lipinski definition) is 4. The van der Waals surface area contributed by atoms with E-state index in [4.69, 9.17) is 11.6 Å². The first-order valence-electron chi connectivity index (χ1n) is 10.8. The first kappa shape index (κ1) is 20.9. The highest BCUT2D eigenvalue weighted by Gasteiger charge is 2.64. The van der Waals surface area contributed by atoms with E-state index in [1.807, 2.05) is 24.8 Å². The van der Waals surface area contributed by atoms with Crippen LogP contribution >= 0.6 is 11.6 Å². The van der Waals surface area contributed by atoms with Crippen molar-refractivity contribution in [3.8, 4) is 0 Å². The summed E-state index contributed by atoms with van der Waals surface area (Å²) >= 11 is 6.34. The molecule has 5 nitrogen and oxygen atoms in total. The number of fused-ring (bicyclic) bond motifs is 5. The quantitative estimate of drug-likeness (QED) is 0.511. The third-order valence-corrected chi connectivity index (χ3v) is 7.27. The number of hydrogen-bond donors (Lipinski definition) is 0. The second-order valence-electron chi connectivity index (χ2n) is 8.60. The van der Waals surface area contributed by atoms with Gasteiger partial charge in [-0.15, -0.1) is 0 Å². The summed E-state index contributed by atoms with van der Waals surface area (Å²) in [6, 6.07) is 9.40. The van der Waals surface area contributed by atoms with Gasteiger partial charge in [-0.1, -0.05) is 42.8 Å². The van der Waals surface area contributed by atoms with Gasteiger partial charge in [-0.2, -0.15) is 0 Å². The lowest BCUT2D eigenvalue weighted by atomic mass is 9.86. The average Bonchev–Trinajstić information content (AvgIpc) is 3.26. The molecule has 3 aliphatic rings. The molecule has 164 valence electrons. The van der Waals surface area contributed by atoms with Crippen LogP contribution in [0.5, 0.6) is 0 Å². The number of Topliss-reactive ketones (excluding diaryl/α,β-unsaturated/α-hetero) is 1. The second kappa shape index (κ2) is 7.55. The number of imide groups is 1. The number of halogens is 2. The van der Waals surface area contributed by atoms with Crippen LogP contribution < -0.4 is 4.90 Å². The van der Waals surface area contributed by atoms with Crippen molar-refractivity contribution < 1.29 is 18.8 Å². The van der Waals surface area contributed by atoms with Crippen molar-refractivity contribution >= 4 is 41.0 Å². The minimum Gasteiger partial charge on any atom is -0.352 e. The van der Waals surface area contributed by atoms with Crippen LogP contribution in [0.3, 0.4) is 0 Å². The molecule has 0 spiro atoms. The lowest BCUT2D eigenvalue weighted by Crippen LogP contribution is -2.50. The Morgan fingerprint density at radius 3 is 2.56 bits per heavy atom. The van der Waals surface area contributed by atoms with Crippen molar-refractivity contribution in [3.63, 3.8) is 0 Å². The molecule has 3 heterocycles. The van der Waals surface area contributed by atoms with E-state index in [1.165, 1.54) is 17.0 Å². The van der Waals surface area contributed by atoms with Crippen molar-refractivity contribution in [1.29, 1.82) is 0 Å². The van der Waals surface area contributed by atoms with E-state index in [0.717, 1.165) is 0 Å². The van der Waals surface area contributed by atoms with Gasteiger partial charge in [0.15, 0.2) is 5.78 Å². The highest BCUT2D eigenvalue weighted by molar-refractivity contribution is 6.34. The van der Waals surface area contributed by atoms with Crippen LogP contribution in [0.2, 0.25) is 5.02 Å². The summed E-state index contributed by atoms with van der Waals surface area (Å²) in [6.07, 6.45) is 4.21. The van der Waals surface area contributed by atoms with Crippen LogP contribution in [0.1, 0.15) is 36.2 Å². The maximum absolute atomic E-state index is 13.9. The molecule has 32 heavy (non-hydrogen) atoms. The van der Waals surface area contributed by atoms with Crippen molar-refractivity contribution in [2.24, 2.45) is 11.8 Å².